The maximum atomic E-state index is 13.4. The molecule has 0 saturated carbocycles. The molecule has 0 bridgehead atoms. The molecule has 0 aliphatic carbocycles. The largest absolute Gasteiger partial charge is 0.451 e. The fourth-order valence-corrected chi connectivity index (χ4v) is 5.14. The number of carbonyl (C=O) groups is 1. The third-order valence-electron chi connectivity index (χ3n) is 4.70. The molecule has 0 radical (unpaired) electrons. The van der Waals surface area contributed by atoms with Crippen LogP contribution in [0.15, 0.2) is 68.7 Å². The van der Waals surface area contributed by atoms with Crippen molar-refractivity contribution in [2.45, 2.75) is 23.6 Å². The van der Waals surface area contributed by atoms with Gasteiger partial charge in [0.2, 0.25) is 0 Å². The van der Waals surface area contributed by atoms with Crippen molar-refractivity contribution >= 4 is 40.0 Å². The molecule has 154 valence electrons. The van der Waals surface area contributed by atoms with Crippen LogP contribution >= 0.6 is 23.1 Å². The molecule has 0 aliphatic rings. The van der Waals surface area contributed by atoms with Crippen molar-refractivity contribution in [1.82, 2.24) is 9.88 Å². The number of para-hydroxylation sites is 1. The first kappa shape index (κ1) is 20.7. The van der Waals surface area contributed by atoms with Crippen LogP contribution in [-0.2, 0) is 12.3 Å². The number of furan rings is 1. The molecule has 1 amide bonds. The molecular formula is C23H22N2O3S2. The van der Waals surface area contributed by atoms with Gasteiger partial charge in [0.25, 0.3) is 5.91 Å². The quantitative estimate of drug-likeness (QED) is 0.387. The third kappa shape index (κ3) is 4.59. The summed E-state index contributed by atoms with van der Waals surface area (Å²) < 4.78 is 6.98. The number of aryl methyl sites for hydroxylation is 1. The summed E-state index contributed by atoms with van der Waals surface area (Å²) in [4.78, 5) is 19.6. The number of benzene rings is 2. The van der Waals surface area contributed by atoms with Crippen LogP contribution in [-0.4, -0.2) is 34.0 Å². The highest BCUT2D eigenvalue weighted by Gasteiger charge is 2.25. The Morgan fingerprint density at radius 1 is 1.17 bits per heavy atom. The maximum Gasteiger partial charge on any atom is 0.290 e. The average Bonchev–Trinajstić information content (AvgIpc) is 3.35. The minimum atomic E-state index is -0.213. The van der Waals surface area contributed by atoms with Crippen LogP contribution in [0.1, 0.15) is 27.4 Å². The molecule has 1 N–H and O–H groups in total. The van der Waals surface area contributed by atoms with Gasteiger partial charge in [-0.2, -0.15) is 0 Å². The van der Waals surface area contributed by atoms with E-state index >= 15 is 0 Å². The van der Waals surface area contributed by atoms with Crippen molar-refractivity contribution in [3.8, 4) is 0 Å². The fraction of sp³-hybridized carbons (Fsp3) is 0.217. The summed E-state index contributed by atoms with van der Waals surface area (Å²) in [5, 5.41) is 12.5. The van der Waals surface area contributed by atoms with Gasteiger partial charge >= 0.3 is 0 Å². The Kier molecular flexibility index (Phi) is 6.52. The molecule has 0 fully saturated rings. The maximum absolute atomic E-state index is 13.4. The molecule has 4 aromatic rings. The lowest BCUT2D eigenvalue weighted by atomic mass is 10.1. The smallest absolute Gasteiger partial charge is 0.290 e. The van der Waals surface area contributed by atoms with Gasteiger partial charge in [0.05, 0.1) is 6.61 Å². The van der Waals surface area contributed by atoms with Crippen molar-refractivity contribution in [2.75, 3.05) is 13.2 Å². The van der Waals surface area contributed by atoms with E-state index < -0.39 is 0 Å². The molecule has 5 nitrogen and oxygen atoms in total. The number of nitrogens with zero attached hydrogens (tertiary/aromatic N) is 2. The first-order chi connectivity index (χ1) is 14.7. The Hall–Kier alpha value is -2.61. The number of rotatable bonds is 8. The molecule has 0 unspecified atom stereocenters. The Morgan fingerprint density at radius 2 is 1.93 bits per heavy atom. The van der Waals surface area contributed by atoms with E-state index in [1.807, 2.05) is 66.9 Å². The number of thiazole rings is 1. The van der Waals surface area contributed by atoms with Gasteiger partial charge in [0.1, 0.15) is 9.92 Å². The van der Waals surface area contributed by atoms with Gasteiger partial charge in [0.15, 0.2) is 5.76 Å². The van der Waals surface area contributed by atoms with Crippen LogP contribution in [0.2, 0.25) is 0 Å². The normalized spacial score (nSPS) is 11.1. The summed E-state index contributed by atoms with van der Waals surface area (Å²) >= 11 is 3.20. The zero-order valence-electron chi connectivity index (χ0n) is 16.6. The van der Waals surface area contributed by atoms with Crippen LogP contribution in [0.25, 0.3) is 11.0 Å². The third-order valence-corrected chi connectivity index (χ3v) is 6.87. The zero-order chi connectivity index (χ0) is 20.9. The predicted octanol–water partition coefficient (Wildman–Crippen LogP) is 5.12. The summed E-state index contributed by atoms with van der Waals surface area (Å²) in [6.07, 6.45) is 0. The Labute approximate surface area is 183 Å². The standard InChI is InChI=1S/C23H22N2O3S2/c1-16-14-29-23(24-16)30-15-19-18-9-5-6-10-20(18)28-21(19)22(27)25(11-12-26)13-17-7-3-2-4-8-17/h2-10,14,26H,11-13,15H2,1H3. The molecule has 0 aliphatic heterocycles. The van der Waals surface area contributed by atoms with E-state index in [0.29, 0.717) is 23.6 Å². The number of thioether (sulfide) groups is 1. The highest BCUT2D eigenvalue weighted by molar-refractivity contribution is 8.00. The molecule has 2 aromatic carbocycles. The van der Waals surface area contributed by atoms with Crippen LogP contribution in [0.5, 0.6) is 0 Å². The van der Waals surface area contributed by atoms with Gasteiger partial charge in [-0.15, -0.1) is 11.3 Å². The number of fused-ring (bicyclic) bond motifs is 1. The number of hydrogen-bond donors (Lipinski definition) is 1. The van der Waals surface area contributed by atoms with Gasteiger partial charge in [-0.05, 0) is 18.6 Å². The number of aliphatic hydroxyl groups excluding tert-OH is 1. The first-order valence-corrected chi connectivity index (χ1v) is 11.5. The second kappa shape index (κ2) is 9.47. The summed E-state index contributed by atoms with van der Waals surface area (Å²) in [7, 11) is 0. The predicted molar refractivity (Wildman–Crippen MR) is 121 cm³/mol. The van der Waals surface area contributed by atoms with E-state index in [9.17, 15) is 9.90 Å². The molecule has 30 heavy (non-hydrogen) atoms. The van der Waals surface area contributed by atoms with Crippen molar-refractivity contribution in [2.24, 2.45) is 0 Å². The number of carbonyl (C=O) groups excluding carboxylic acids is 1. The van der Waals surface area contributed by atoms with Gasteiger partial charge < -0.3 is 14.4 Å². The second-order valence-electron chi connectivity index (χ2n) is 6.89. The van der Waals surface area contributed by atoms with E-state index in [2.05, 4.69) is 4.98 Å². The number of hydrogen-bond acceptors (Lipinski definition) is 6. The van der Waals surface area contributed by atoms with E-state index in [4.69, 9.17) is 4.42 Å². The molecule has 0 saturated heterocycles. The Morgan fingerprint density at radius 3 is 2.67 bits per heavy atom. The monoisotopic (exact) mass is 438 g/mol. The molecule has 0 atom stereocenters. The lowest BCUT2D eigenvalue weighted by Crippen LogP contribution is -2.33. The van der Waals surface area contributed by atoms with Crippen LogP contribution in [0.3, 0.4) is 0 Å². The minimum Gasteiger partial charge on any atom is -0.451 e. The van der Waals surface area contributed by atoms with Crippen molar-refractivity contribution in [1.29, 1.82) is 0 Å². The SMILES string of the molecule is Cc1csc(SCc2c(C(=O)N(CCO)Cc3ccccc3)oc3ccccc23)n1. The van der Waals surface area contributed by atoms with E-state index in [1.54, 1.807) is 28.0 Å². The highest BCUT2D eigenvalue weighted by atomic mass is 32.2. The van der Waals surface area contributed by atoms with E-state index in [0.717, 1.165) is 26.5 Å². The zero-order valence-corrected chi connectivity index (χ0v) is 18.2. The first-order valence-electron chi connectivity index (χ1n) is 9.65. The Bertz CT molecular complexity index is 1140. The minimum absolute atomic E-state index is 0.110. The van der Waals surface area contributed by atoms with Crippen LogP contribution < -0.4 is 0 Å². The number of aliphatic hydroxyl groups is 1. The van der Waals surface area contributed by atoms with Crippen molar-refractivity contribution in [3.63, 3.8) is 0 Å². The topological polar surface area (TPSA) is 66.6 Å². The van der Waals surface area contributed by atoms with Gasteiger partial charge in [-0.3, -0.25) is 4.79 Å². The Balaban J connectivity index is 1.66. The lowest BCUT2D eigenvalue weighted by molar-refractivity contribution is 0.0677. The highest BCUT2D eigenvalue weighted by Crippen LogP contribution is 2.34. The molecule has 2 heterocycles. The molecular weight excluding hydrogens is 416 g/mol. The summed E-state index contributed by atoms with van der Waals surface area (Å²) in [6.45, 7) is 2.51. The summed E-state index contributed by atoms with van der Waals surface area (Å²) in [5.74, 6) is 0.708. The van der Waals surface area contributed by atoms with Crippen LogP contribution in [0, 0.1) is 6.92 Å². The molecule has 2 aromatic heterocycles. The molecule has 7 heteroatoms. The van der Waals surface area contributed by atoms with Crippen molar-refractivity contribution < 1.29 is 14.3 Å². The molecule has 0 spiro atoms. The van der Waals surface area contributed by atoms with Gasteiger partial charge in [0, 0.05) is 40.9 Å². The van der Waals surface area contributed by atoms with Crippen molar-refractivity contribution in [3.05, 3.63) is 82.6 Å². The number of amides is 1. The summed E-state index contributed by atoms with van der Waals surface area (Å²) in [6, 6.07) is 17.5. The fourth-order valence-electron chi connectivity index (χ4n) is 3.27. The van der Waals surface area contributed by atoms with E-state index in [1.165, 1.54) is 0 Å². The lowest BCUT2D eigenvalue weighted by Gasteiger charge is -2.21. The second-order valence-corrected chi connectivity index (χ2v) is 8.97. The molecule has 4 rings (SSSR count). The number of aromatic nitrogens is 1. The van der Waals surface area contributed by atoms with Gasteiger partial charge in [-0.1, -0.05) is 60.3 Å². The summed E-state index contributed by atoms with van der Waals surface area (Å²) in [5.41, 5.74) is 3.55. The average molecular weight is 439 g/mol. The van der Waals surface area contributed by atoms with Crippen LogP contribution in [0.4, 0.5) is 0 Å². The van der Waals surface area contributed by atoms with Gasteiger partial charge in [-0.25, -0.2) is 4.98 Å². The van der Waals surface area contributed by atoms with E-state index in [-0.39, 0.29) is 19.1 Å².